The summed E-state index contributed by atoms with van der Waals surface area (Å²) in [5.41, 5.74) is 5.94. The standard InChI is InChI=1S/C58H60N3O.Pt/c1-36(2)41-27-42(38-17-14-13-15-18-38)32-47(31-41)61-52-20-16-19-48(53(52)60-55(61)49-34-46(57(7,8)9)35-50(54(49)62)58(10,11)12)43-28-44(30-45(29-43)56(4,5)6)51-33-40(25-26-59-51)39-23-21-37(3)22-24-39;/h13-27,29-36,62H,1-12H3;/q-1;/i3D3,21D,22D,23D,24D,25D,26D,33D,36D;. The number of para-hydroxylation sites is 1. The molecule has 0 unspecified atom stereocenters. The fraction of sp³-hybridized carbons (Fsp3) is 0.276. The van der Waals surface area contributed by atoms with Gasteiger partial charge in [-0.25, -0.2) is 4.98 Å². The number of benzene rings is 6. The summed E-state index contributed by atoms with van der Waals surface area (Å²) < 4.78 is 97.4. The number of aromatic hydroxyl groups is 1. The van der Waals surface area contributed by atoms with E-state index in [2.05, 4.69) is 64.7 Å². The van der Waals surface area contributed by atoms with E-state index in [9.17, 15) is 7.85 Å². The van der Waals surface area contributed by atoms with Gasteiger partial charge in [-0.3, -0.25) is 9.55 Å². The summed E-state index contributed by atoms with van der Waals surface area (Å²) in [5, 5.41) is 12.5. The fourth-order valence-corrected chi connectivity index (χ4v) is 7.68. The quantitative estimate of drug-likeness (QED) is 0.162. The van der Waals surface area contributed by atoms with Crippen LogP contribution in [-0.2, 0) is 37.3 Å². The average Bonchev–Trinajstić information content (AvgIpc) is 3.68. The molecule has 0 amide bonds. The van der Waals surface area contributed by atoms with Crippen molar-refractivity contribution < 1.29 is 41.3 Å². The molecule has 0 spiro atoms. The molecule has 63 heavy (non-hydrogen) atoms. The molecule has 5 heteroatoms. The number of imidazole rings is 1. The van der Waals surface area contributed by atoms with E-state index in [-0.39, 0.29) is 43.5 Å². The van der Waals surface area contributed by atoms with Gasteiger partial charge in [-0.2, -0.15) is 0 Å². The molecule has 0 aliphatic carbocycles. The molecule has 0 bridgehead atoms. The maximum atomic E-state index is 12.5. The van der Waals surface area contributed by atoms with Gasteiger partial charge in [0, 0.05) is 49.7 Å². The Labute approximate surface area is 405 Å². The molecule has 0 aliphatic heterocycles. The minimum atomic E-state index is -2.98. The summed E-state index contributed by atoms with van der Waals surface area (Å²) in [7, 11) is 0. The Morgan fingerprint density at radius 1 is 0.683 bits per heavy atom. The second-order valence-corrected chi connectivity index (χ2v) is 19.4. The molecule has 0 saturated carbocycles. The van der Waals surface area contributed by atoms with E-state index < -0.39 is 82.7 Å². The summed E-state index contributed by atoms with van der Waals surface area (Å²) in [4.78, 5) is 9.93. The van der Waals surface area contributed by atoms with Crippen LogP contribution in [0.4, 0.5) is 0 Å². The van der Waals surface area contributed by atoms with Crippen LogP contribution in [0.15, 0.2) is 133 Å². The van der Waals surface area contributed by atoms with Crippen molar-refractivity contribution in [2.24, 2.45) is 0 Å². The molecule has 0 saturated heterocycles. The van der Waals surface area contributed by atoms with Gasteiger partial charge in [-0.1, -0.05) is 178 Å². The Hall–Kier alpha value is -5.57. The molecule has 8 rings (SSSR count). The minimum Gasteiger partial charge on any atom is -0.507 e. The number of nitrogens with zero attached hydrogens (tertiary/aromatic N) is 3. The zero-order valence-corrected chi connectivity index (χ0v) is 40.0. The molecular formula is C58H60N3OPt-. The third kappa shape index (κ3) is 9.25. The Bertz CT molecular complexity index is 3490. The van der Waals surface area contributed by atoms with Crippen molar-refractivity contribution in [3.63, 3.8) is 0 Å². The van der Waals surface area contributed by atoms with Gasteiger partial charge in [0.2, 0.25) is 0 Å². The summed E-state index contributed by atoms with van der Waals surface area (Å²) >= 11 is 0. The average molecular weight is 1020 g/mol. The van der Waals surface area contributed by atoms with Crippen molar-refractivity contribution in [1.29, 1.82) is 0 Å². The number of hydrogen-bond donors (Lipinski definition) is 1. The van der Waals surface area contributed by atoms with Gasteiger partial charge in [0.25, 0.3) is 0 Å². The molecule has 1 N–H and O–H groups in total. The van der Waals surface area contributed by atoms with Gasteiger partial charge < -0.3 is 5.11 Å². The molecule has 2 aromatic heterocycles. The zero-order chi connectivity index (χ0) is 53.8. The van der Waals surface area contributed by atoms with E-state index in [1.807, 2.05) is 112 Å². The zero-order valence-electron chi connectivity index (χ0n) is 48.8. The van der Waals surface area contributed by atoms with Crippen molar-refractivity contribution in [2.75, 3.05) is 0 Å². The van der Waals surface area contributed by atoms with Gasteiger partial charge in [0.15, 0.2) is 0 Å². The molecule has 0 fully saturated rings. The first-order valence-electron chi connectivity index (χ1n) is 26.5. The van der Waals surface area contributed by atoms with Crippen LogP contribution < -0.4 is 0 Å². The largest absolute Gasteiger partial charge is 0.507 e. The van der Waals surface area contributed by atoms with Crippen molar-refractivity contribution >= 4 is 11.0 Å². The van der Waals surface area contributed by atoms with Crippen LogP contribution in [0.1, 0.15) is 125 Å². The molecule has 6 aromatic carbocycles. The van der Waals surface area contributed by atoms with Crippen molar-refractivity contribution in [3.05, 3.63) is 167 Å². The van der Waals surface area contributed by atoms with Crippen LogP contribution in [0, 0.1) is 12.9 Å². The monoisotopic (exact) mass is 1020 g/mol. The number of rotatable bonds is 7. The predicted molar refractivity (Wildman–Crippen MR) is 261 cm³/mol. The fourth-order valence-electron chi connectivity index (χ4n) is 7.68. The smallest absolute Gasteiger partial charge is 0.148 e. The van der Waals surface area contributed by atoms with Crippen molar-refractivity contribution in [2.45, 2.75) is 105 Å². The van der Waals surface area contributed by atoms with Gasteiger partial charge in [-0.05, 0) is 92.7 Å². The molecule has 0 radical (unpaired) electrons. The SMILES string of the molecule is [2H]c1nc(-c2[c-]c(-c3cccc4c3nc(-c3cc(C(C)(C)C)cc(C(C)(C)C)c3O)n4-c3cc(-c4ccccc4)cc(C([2H])(C)C)c3)cc(C(C)(C)C)c2)c([2H])c(-c2c([2H])c([2H])c(C([2H])([2H])[2H])c([2H])c2[2H])c1[2H].[Pt]. The Balaban J connectivity index is 0.00000800. The van der Waals surface area contributed by atoms with Crippen LogP contribution >= 0.6 is 0 Å². The normalized spacial score (nSPS) is 15.1. The molecule has 0 atom stereocenters. The summed E-state index contributed by atoms with van der Waals surface area (Å²) in [6, 6.07) is 28.9. The maximum absolute atomic E-state index is 12.5. The molecule has 2 heterocycles. The topological polar surface area (TPSA) is 50.9 Å². The van der Waals surface area contributed by atoms with Gasteiger partial charge >= 0.3 is 0 Å². The van der Waals surface area contributed by atoms with Crippen LogP contribution in [0.2, 0.25) is 0 Å². The van der Waals surface area contributed by atoms with Crippen molar-refractivity contribution in [1.82, 2.24) is 14.5 Å². The number of fused-ring (bicyclic) bond motifs is 1. The van der Waals surface area contributed by atoms with Crippen LogP contribution in [0.5, 0.6) is 5.75 Å². The number of hydrogen-bond acceptors (Lipinski definition) is 3. The molecule has 4 nitrogen and oxygen atoms in total. The molecule has 0 aliphatic rings. The first-order valence-corrected chi connectivity index (χ1v) is 21.0. The van der Waals surface area contributed by atoms with E-state index in [4.69, 9.17) is 17.3 Å². The van der Waals surface area contributed by atoms with Crippen LogP contribution in [0.3, 0.4) is 0 Å². The molecular weight excluding hydrogens is 950 g/mol. The number of phenols is 1. The second kappa shape index (κ2) is 17.2. The van der Waals surface area contributed by atoms with E-state index in [0.29, 0.717) is 39.2 Å². The van der Waals surface area contributed by atoms with E-state index in [1.165, 1.54) is 0 Å². The Kier molecular flexibility index (Phi) is 9.01. The number of aromatic nitrogens is 3. The van der Waals surface area contributed by atoms with E-state index in [0.717, 1.165) is 33.4 Å². The molecule has 324 valence electrons. The summed E-state index contributed by atoms with van der Waals surface area (Å²) in [5.74, 6) is -0.462. The Morgan fingerprint density at radius 2 is 1.37 bits per heavy atom. The van der Waals surface area contributed by atoms with Crippen molar-refractivity contribution in [3.8, 4) is 67.5 Å². The second-order valence-electron chi connectivity index (χ2n) is 19.4. The predicted octanol–water partition coefficient (Wildman–Crippen LogP) is 15.6. The summed E-state index contributed by atoms with van der Waals surface area (Å²) in [6.45, 7) is 19.4. The Morgan fingerprint density at radius 3 is 2.02 bits per heavy atom. The van der Waals surface area contributed by atoms with Crippen LogP contribution in [0.25, 0.3) is 72.7 Å². The van der Waals surface area contributed by atoms with Gasteiger partial charge in [-0.15, -0.1) is 29.3 Å². The third-order valence-corrected chi connectivity index (χ3v) is 11.3. The first-order chi connectivity index (χ1) is 33.7. The summed E-state index contributed by atoms with van der Waals surface area (Å²) in [6.07, 6.45) is -0.598. The van der Waals surface area contributed by atoms with Gasteiger partial charge in [0.05, 0.1) is 26.2 Å². The van der Waals surface area contributed by atoms with E-state index >= 15 is 0 Å². The minimum absolute atomic E-state index is 0. The maximum Gasteiger partial charge on any atom is 0.148 e. The third-order valence-electron chi connectivity index (χ3n) is 11.3. The first kappa shape index (κ1) is 33.0. The molecule has 8 aromatic rings. The number of pyridine rings is 1. The number of phenolic OH excluding ortho intramolecular Hbond substituents is 1. The van der Waals surface area contributed by atoms with E-state index in [1.54, 1.807) is 6.07 Å². The van der Waals surface area contributed by atoms with Gasteiger partial charge in [0.1, 0.15) is 11.6 Å². The van der Waals surface area contributed by atoms with Crippen LogP contribution in [-0.4, -0.2) is 19.6 Å².